The number of hydrogen-bond donors (Lipinski definition) is 1. The summed E-state index contributed by atoms with van der Waals surface area (Å²) >= 11 is 0. The van der Waals surface area contributed by atoms with Gasteiger partial charge in [-0.3, -0.25) is 0 Å². The summed E-state index contributed by atoms with van der Waals surface area (Å²) < 4.78 is 10.7. The van der Waals surface area contributed by atoms with Crippen molar-refractivity contribution in [1.82, 2.24) is 0 Å². The largest absolute Gasteiger partial charge is 0.497 e. The average molecular weight is 223 g/mol. The molecule has 1 atom stereocenters. The van der Waals surface area contributed by atoms with Gasteiger partial charge in [-0.25, -0.2) is 0 Å². The molecule has 0 radical (unpaired) electrons. The molecule has 0 spiro atoms. The molecule has 0 fully saturated rings. The van der Waals surface area contributed by atoms with E-state index in [4.69, 9.17) is 15.2 Å². The van der Waals surface area contributed by atoms with Gasteiger partial charge in [0, 0.05) is 6.04 Å². The van der Waals surface area contributed by atoms with Crippen LogP contribution in [0.4, 0.5) is 0 Å². The van der Waals surface area contributed by atoms with Crippen molar-refractivity contribution in [1.29, 1.82) is 0 Å². The molecule has 2 N–H and O–H groups in total. The Morgan fingerprint density at radius 2 is 1.81 bits per heavy atom. The second-order valence-corrected chi connectivity index (χ2v) is 3.83. The van der Waals surface area contributed by atoms with Crippen LogP contribution in [-0.2, 0) is 0 Å². The highest BCUT2D eigenvalue weighted by atomic mass is 16.5. The maximum absolute atomic E-state index is 5.82. The minimum absolute atomic E-state index is 0.305. The van der Waals surface area contributed by atoms with E-state index in [1.807, 2.05) is 24.3 Å². The van der Waals surface area contributed by atoms with E-state index in [9.17, 15) is 0 Å². The van der Waals surface area contributed by atoms with Crippen LogP contribution in [0.2, 0.25) is 0 Å². The molecular formula is C13H21NO2. The van der Waals surface area contributed by atoms with E-state index in [1.165, 1.54) is 0 Å². The summed E-state index contributed by atoms with van der Waals surface area (Å²) in [6.45, 7) is 2.83. The first-order valence-electron chi connectivity index (χ1n) is 5.78. The van der Waals surface area contributed by atoms with E-state index in [0.29, 0.717) is 6.04 Å². The smallest absolute Gasteiger partial charge is 0.119 e. The van der Waals surface area contributed by atoms with Crippen molar-refractivity contribution in [2.75, 3.05) is 13.7 Å². The molecule has 0 aromatic heterocycles. The number of ether oxygens (including phenoxy) is 2. The minimum Gasteiger partial charge on any atom is -0.497 e. The number of nitrogens with two attached hydrogens (primary N) is 1. The lowest BCUT2D eigenvalue weighted by molar-refractivity contribution is 0.300. The summed E-state index contributed by atoms with van der Waals surface area (Å²) in [7, 11) is 1.65. The zero-order chi connectivity index (χ0) is 11.8. The fourth-order valence-corrected chi connectivity index (χ4v) is 1.41. The van der Waals surface area contributed by atoms with Gasteiger partial charge in [0.25, 0.3) is 0 Å². The Kier molecular flexibility index (Phi) is 5.72. The summed E-state index contributed by atoms with van der Waals surface area (Å²) in [5.41, 5.74) is 5.82. The van der Waals surface area contributed by atoms with Crippen LogP contribution in [0.5, 0.6) is 11.5 Å². The minimum atomic E-state index is 0.305. The lowest BCUT2D eigenvalue weighted by atomic mass is 10.1. The molecule has 0 aliphatic rings. The van der Waals surface area contributed by atoms with Gasteiger partial charge < -0.3 is 15.2 Å². The van der Waals surface area contributed by atoms with Crippen LogP contribution in [0.15, 0.2) is 24.3 Å². The van der Waals surface area contributed by atoms with Gasteiger partial charge in [-0.2, -0.15) is 0 Å². The molecule has 0 saturated heterocycles. The second kappa shape index (κ2) is 7.12. The van der Waals surface area contributed by atoms with E-state index in [1.54, 1.807) is 7.11 Å². The normalized spacial score (nSPS) is 12.2. The van der Waals surface area contributed by atoms with Crippen molar-refractivity contribution in [3.63, 3.8) is 0 Å². The number of rotatable bonds is 7. The summed E-state index contributed by atoms with van der Waals surface area (Å²) in [6, 6.07) is 7.93. The molecule has 3 nitrogen and oxygen atoms in total. The van der Waals surface area contributed by atoms with Crippen LogP contribution in [0.3, 0.4) is 0 Å². The van der Waals surface area contributed by atoms with Crippen molar-refractivity contribution < 1.29 is 9.47 Å². The fraction of sp³-hybridized carbons (Fsp3) is 0.538. The van der Waals surface area contributed by atoms with Crippen molar-refractivity contribution >= 4 is 0 Å². The quantitative estimate of drug-likeness (QED) is 0.723. The van der Waals surface area contributed by atoms with Gasteiger partial charge in [-0.1, -0.05) is 6.92 Å². The standard InChI is InChI=1S/C13H21NO2/c1-3-11(14)5-4-10-16-13-8-6-12(15-2)7-9-13/h6-9,11H,3-5,10,14H2,1-2H3. The van der Waals surface area contributed by atoms with Gasteiger partial charge in [0.05, 0.1) is 13.7 Å². The van der Waals surface area contributed by atoms with Crippen molar-refractivity contribution in [3.8, 4) is 11.5 Å². The highest BCUT2D eigenvalue weighted by Crippen LogP contribution is 2.17. The molecule has 0 aliphatic heterocycles. The molecule has 1 aromatic rings. The maximum Gasteiger partial charge on any atom is 0.119 e. The number of benzene rings is 1. The Morgan fingerprint density at radius 3 is 2.38 bits per heavy atom. The van der Waals surface area contributed by atoms with Crippen LogP contribution < -0.4 is 15.2 Å². The van der Waals surface area contributed by atoms with Crippen molar-refractivity contribution in [3.05, 3.63) is 24.3 Å². The Hall–Kier alpha value is -1.22. The van der Waals surface area contributed by atoms with E-state index >= 15 is 0 Å². The van der Waals surface area contributed by atoms with Gasteiger partial charge >= 0.3 is 0 Å². The van der Waals surface area contributed by atoms with Gasteiger partial charge in [0.1, 0.15) is 11.5 Å². The molecule has 0 heterocycles. The Balaban J connectivity index is 2.21. The lowest BCUT2D eigenvalue weighted by Gasteiger charge is -2.09. The molecule has 0 amide bonds. The van der Waals surface area contributed by atoms with Crippen molar-refractivity contribution in [2.24, 2.45) is 5.73 Å². The molecule has 16 heavy (non-hydrogen) atoms. The molecule has 1 rings (SSSR count). The summed E-state index contributed by atoms with van der Waals surface area (Å²) in [5, 5.41) is 0. The lowest BCUT2D eigenvalue weighted by Crippen LogP contribution is -2.19. The van der Waals surface area contributed by atoms with Crippen LogP contribution >= 0.6 is 0 Å². The highest BCUT2D eigenvalue weighted by molar-refractivity contribution is 5.31. The third kappa shape index (κ3) is 4.53. The first-order chi connectivity index (χ1) is 7.76. The van der Waals surface area contributed by atoms with Crippen LogP contribution in [0.1, 0.15) is 26.2 Å². The predicted octanol–water partition coefficient (Wildman–Crippen LogP) is 2.59. The van der Waals surface area contributed by atoms with Gasteiger partial charge in [-0.15, -0.1) is 0 Å². The molecule has 1 unspecified atom stereocenters. The first-order valence-corrected chi connectivity index (χ1v) is 5.78. The third-order valence-electron chi connectivity index (χ3n) is 2.57. The first kappa shape index (κ1) is 12.8. The number of methoxy groups -OCH3 is 1. The molecule has 90 valence electrons. The third-order valence-corrected chi connectivity index (χ3v) is 2.57. The predicted molar refractivity (Wildman–Crippen MR) is 66.0 cm³/mol. The van der Waals surface area contributed by atoms with Gasteiger partial charge in [-0.05, 0) is 43.5 Å². The van der Waals surface area contributed by atoms with E-state index in [0.717, 1.165) is 37.4 Å². The zero-order valence-corrected chi connectivity index (χ0v) is 10.1. The Morgan fingerprint density at radius 1 is 1.19 bits per heavy atom. The fourth-order valence-electron chi connectivity index (χ4n) is 1.41. The van der Waals surface area contributed by atoms with Crippen molar-refractivity contribution in [2.45, 2.75) is 32.2 Å². The molecule has 3 heteroatoms. The van der Waals surface area contributed by atoms with Crippen LogP contribution in [-0.4, -0.2) is 19.8 Å². The molecule has 1 aromatic carbocycles. The zero-order valence-electron chi connectivity index (χ0n) is 10.1. The van der Waals surface area contributed by atoms with Gasteiger partial charge in [0.2, 0.25) is 0 Å². The van der Waals surface area contributed by atoms with Gasteiger partial charge in [0.15, 0.2) is 0 Å². The Labute approximate surface area is 97.6 Å². The summed E-state index contributed by atoms with van der Waals surface area (Å²) in [5.74, 6) is 1.73. The highest BCUT2D eigenvalue weighted by Gasteiger charge is 1.99. The van der Waals surface area contributed by atoms with E-state index < -0.39 is 0 Å². The molecule has 0 saturated carbocycles. The maximum atomic E-state index is 5.82. The van der Waals surface area contributed by atoms with Crippen LogP contribution in [0, 0.1) is 0 Å². The second-order valence-electron chi connectivity index (χ2n) is 3.83. The monoisotopic (exact) mass is 223 g/mol. The summed E-state index contributed by atoms with van der Waals surface area (Å²) in [4.78, 5) is 0. The number of hydrogen-bond acceptors (Lipinski definition) is 3. The molecule has 0 aliphatic carbocycles. The van der Waals surface area contributed by atoms with E-state index in [-0.39, 0.29) is 0 Å². The SMILES string of the molecule is CCC(N)CCCOc1ccc(OC)cc1. The van der Waals surface area contributed by atoms with E-state index in [2.05, 4.69) is 6.92 Å². The Bertz CT molecular complexity index is 284. The summed E-state index contributed by atoms with van der Waals surface area (Å²) in [6.07, 6.45) is 3.05. The average Bonchev–Trinajstić information content (AvgIpc) is 2.35. The van der Waals surface area contributed by atoms with Crippen LogP contribution in [0.25, 0.3) is 0 Å². The molecular weight excluding hydrogens is 202 g/mol. The molecule has 0 bridgehead atoms. The topological polar surface area (TPSA) is 44.5 Å².